The fourth-order valence-electron chi connectivity index (χ4n) is 1.72. The first-order valence-electron chi connectivity index (χ1n) is 5.94. The van der Waals surface area contributed by atoms with Crippen molar-refractivity contribution < 1.29 is 13.2 Å². The standard InChI is InChI=1S/C13H19F3N2/c1-18(8-2-7-13(14,15)16)10-12-5-3-11(9-17)4-6-12/h3-6H,2,7-10,17H2,1H3. The van der Waals surface area contributed by atoms with Gasteiger partial charge in [0.15, 0.2) is 0 Å². The highest BCUT2D eigenvalue weighted by atomic mass is 19.4. The predicted molar refractivity (Wildman–Crippen MR) is 66.0 cm³/mol. The molecule has 2 N–H and O–H groups in total. The summed E-state index contributed by atoms with van der Waals surface area (Å²) in [6.07, 6.45) is -4.63. The predicted octanol–water partition coefficient (Wildman–Crippen LogP) is 2.92. The maximum absolute atomic E-state index is 12.0. The van der Waals surface area contributed by atoms with Gasteiger partial charge in [-0.15, -0.1) is 0 Å². The Labute approximate surface area is 106 Å². The molecule has 0 fully saturated rings. The van der Waals surface area contributed by atoms with E-state index < -0.39 is 12.6 Å². The van der Waals surface area contributed by atoms with Crippen molar-refractivity contribution in [2.45, 2.75) is 32.1 Å². The molecule has 18 heavy (non-hydrogen) atoms. The molecule has 1 aromatic carbocycles. The molecule has 5 heteroatoms. The summed E-state index contributed by atoms with van der Waals surface area (Å²) in [6.45, 7) is 1.60. The Morgan fingerprint density at radius 1 is 1.11 bits per heavy atom. The second-order valence-electron chi connectivity index (χ2n) is 4.48. The monoisotopic (exact) mass is 260 g/mol. The Bertz CT molecular complexity index is 346. The number of halogens is 3. The van der Waals surface area contributed by atoms with Gasteiger partial charge in [-0.2, -0.15) is 13.2 Å². The molecule has 0 bridgehead atoms. The fourth-order valence-corrected chi connectivity index (χ4v) is 1.72. The fraction of sp³-hybridized carbons (Fsp3) is 0.538. The minimum absolute atomic E-state index is 0.140. The lowest BCUT2D eigenvalue weighted by Gasteiger charge is -2.17. The van der Waals surface area contributed by atoms with Gasteiger partial charge in [-0.3, -0.25) is 0 Å². The average molecular weight is 260 g/mol. The molecule has 1 rings (SSSR count). The van der Waals surface area contributed by atoms with Gasteiger partial charge in [-0.05, 0) is 31.1 Å². The Morgan fingerprint density at radius 2 is 1.67 bits per heavy atom. The van der Waals surface area contributed by atoms with E-state index in [1.807, 2.05) is 36.2 Å². The van der Waals surface area contributed by atoms with Crippen molar-refractivity contribution in [3.8, 4) is 0 Å². The molecule has 0 aliphatic rings. The normalized spacial score (nSPS) is 12.1. The highest BCUT2D eigenvalue weighted by Crippen LogP contribution is 2.21. The second kappa shape index (κ2) is 6.75. The van der Waals surface area contributed by atoms with Crippen LogP contribution in [0, 0.1) is 0 Å². The van der Waals surface area contributed by atoms with Crippen molar-refractivity contribution >= 4 is 0 Å². The van der Waals surface area contributed by atoms with E-state index in [4.69, 9.17) is 5.73 Å². The van der Waals surface area contributed by atoms with E-state index in [1.54, 1.807) is 0 Å². The van der Waals surface area contributed by atoms with Crippen LogP contribution in [0.4, 0.5) is 13.2 Å². The van der Waals surface area contributed by atoms with Gasteiger partial charge >= 0.3 is 6.18 Å². The first kappa shape index (κ1) is 15.0. The van der Waals surface area contributed by atoms with Crippen LogP contribution >= 0.6 is 0 Å². The quantitative estimate of drug-likeness (QED) is 0.852. The second-order valence-corrected chi connectivity index (χ2v) is 4.48. The topological polar surface area (TPSA) is 29.3 Å². The van der Waals surface area contributed by atoms with Crippen LogP contribution in [0.15, 0.2) is 24.3 Å². The molecule has 0 spiro atoms. The molecule has 2 nitrogen and oxygen atoms in total. The van der Waals surface area contributed by atoms with Crippen LogP contribution in [0.25, 0.3) is 0 Å². The number of hydrogen-bond donors (Lipinski definition) is 1. The highest BCUT2D eigenvalue weighted by molar-refractivity contribution is 5.22. The van der Waals surface area contributed by atoms with Crippen LogP contribution in [0.3, 0.4) is 0 Å². The van der Waals surface area contributed by atoms with E-state index in [2.05, 4.69) is 0 Å². The molecule has 0 aliphatic carbocycles. The molecule has 0 aliphatic heterocycles. The molecule has 0 amide bonds. The molecule has 0 saturated heterocycles. The largest absolute Gasteiger partial charge is 0.389 e. The van der Waals surface area contributed by atoms with Gasteiger partial charge in [0.05, 0.1) is 0 Å². The lowest BCUT2D eigenvalue weighted by atomic mass is 10.1. The van der Waals surface area contributed by atoms with Gasteiger partial charge in [0.1, 0.15) is 0 Å². The van der Waals surface area contributed by atoms with Gasteiger partial charge < -0.3 is 10.6 Å². The van der Waals surface area contributed by atoms with Crippen LogP contribution < -0.4 is 5.73 Å². The summed E-state index contributed by atoms with van der Waals surface area (Å²) in [5.74, 6) is 0. The van der Waals surface area contributed by atoms with Crippen molar-refractivity contribution in [2.24, 2.45) is 5.73 Å². The third-order valence-corrected chi connectivity index (χ3v) is 2.71. The van der Waals surface area contributed by atoms with E-state index in [0.29, 0.717) is 19.6 Å². The zero-order valence-electron chi connectivity index (χ0n) is 10.5. The SMILES string of the molecule is CN(CCCC(F)(F)F)Cc1ccc(CN)cc1. The van der Waals surface area contributed by atoms with Gasteiger partial charge in [-0.1, -0.05) is 24.3 Å². The van der Waals surface area contributed by atoms with Gasteiger partial charge in [0.25, 0.3) is 0 Å². The number of rotatable bonds is 6. The van der Waals surface area contributed by atoms with E-state index in [1.165, 1.54) is 0 Å². The summed E-state index contributed by atoms with van der Waals surface area (Å²) >= 11 is 0. The molecular weight excluding hydrogens is 241 g/mol. The molecule has 0 heterocycles. The van der Waals surface area contributed by atoms with Crippen LogP contribution in [-0.2, 0) is 13.1 Å². The van der Waals surface area contributed by atoms with Crippen molar-refractivity contribution in [3.63, 3.8) is 0 Å². The molecule has 0 aromatic heterocycles. The number of nitrogens with zero attached hydrogens (tertiary/aromatic N) is 1. The summed E-state index contributed by atoms with van der Waals surface area (Å²) in [5.41, 5.74) is 7.63. The summed E-state index contributed by atoms with van der Waals surface area (Å²) in [7, 11) is 1.83. The van der Waals surface area contributed by atoms with E-state index in [9.17, 15) is 13.2 Å². The smallest absolute Gasteiger partial charge is 0.326 e. The molecule has 0 unspecified atom stereocenters. The Balaban J connectivity index is 2.32. The number of nitrogens with two attached hydrogens (primary N) is 1. The van der Waals surface area contributed by atoms with Crippen LogP contribution in [-0.4, -0.2) is 24.7 Å². The van der Waals surface area contributed by atoms with Gasteiger partial charge in [0, 0.05) is 19.5 Å². The maximum Gasteiger partial charge on any atom is 0.389 e. The van der Waals surface area contributed by atoms with Crippen molar-refractivity contribution in [3.05, 3.63) is 35.4 Å². The van der Waals surface area contributed by atoms with Crippen LogP contribution in [0.2, 0.25) is 0 Å². The molecule has 0 atom stereocenters. The Kier molecular flexibility index (Phi) is 5.62. The van der Waals surface area contributed by atoms with Gasteiger partial charge in [-0.25, -0.2) is 0 Å². The average Bonchev–Trinajstić information content (AvgIpc) is 2.28. The first-order chi connectivity index (χ1) is 8.40. The molecular formula is C13H19F3N2. The Hall–Kier alpha value is -1.07. The Morgan fingerprint density at radius 3 is 2.17 bits per heavy atom. The third kappa shape index (κ3) is 6.02. The molecule has 102 valence electrons. The van der Waals surface area contributed by atoms with E-state index in [-0.39, 0.29) is 6.42 Å². The van der Waals surface area contributed by atoms with Gasteiger partial charge in [0.2, 0.25) is 0 Å². The maximum atomic E-state index is 12.0. The third-order valence-electron chi connectivity index (χ3n) is 2.71. The lowest BCUT2D eigenvalue weighted by Crippen LogP contribution is -2.21. The summed E-state index contributed by atoms with van der Waals surface area (Å²) in [4.78, 5) is 1.89. The van der Waals surface area contributed by atoms with Crippen LogP contribution in [0.1, 0.15) is 24.0 Å². The van der Waals surface area contributed by atoms with E-state index in [0.717, 1.165) is 11.1 Å². The zero-order chi connectivity index (χ0) is 13.6. The first-order valence-corrected chi connectivity index (χ1v) is 5.94. The summed E-state index contributed by atoms with van der Waals surface area (Å²) < 4.78 is 36.0. The van der Waals surface area contributed by atoms with Crippen molar-refractivity contribution in [2.75, 3.05) is 13.6 Å². The minimum Gasteiger partial charge on any atom is -0.326 e. The van der Waals surface area contributed by atoms with Crippen LogP contribution in [0.5, 0.6) is 0 Å². The molecule has 0 saturated carbocycles. The number of benzene rings is 1. The number of hydrogen-bond acceptors (Lipinski definition) is 2. The highest BCUT2D eigenvalue weighted by Gasteiger charge is 2.26. The minimum atomic E-state index is -4.05. The number of alkyl halides is 3. The molecule has 0 radical (unpaired) electrons. The lowest BCUT2D eigenvalue weighted by molar-refractivity contribution is -0.136. The van der Waals surface area contributed by atoms with Crippen molar-refractivity contribution in [1.29, 1.82) is 0 Å². The molecule has 1 aromatic rings. The summed E-state index contributed by atoms with van der Waals surface area (Å²) in [5, 5.41) is 0. The summed E-state index contributed by atoms with van der Waals surface area (Å²) in [6, 6.07) is 7.81. The zero-order valence-corrected chi connectivity index (χ0v) is 10.5. The van der Waals surface area contributed by atoms with E-state index >= 15 is 0 Å². The van der Waals surface area contributed by atoms with Crippen molar-refractivity contribution in [1.82, 2.24) is 4.90 Å².